The van der Waals surface area contributed by atoms with Gasteiger partial charge in [0.15, 0.2) is 4.90 Å². The number of benzene rings is 1. The van der Waals surface area contributed by atoms with E-state index in [1.165, 1.54) is 24.1 Å². The van der Waals surface area contributed by atoms with Crippen LogP contribution in [0.3, 0.4) is 0 Å². The van der Waals surface area contributed by atoms with Crippen LogP contribution in [0.1, 0.15) is 52.9 Å². The molecule has 0 spiro atoms. The zero-order valence-corrected chi connectivity index (χ0v) is 19.6. The van der Waals surface area contributed by atoms with Crippen molar-refractivity contribution in [2.45, 2.75) is 44.1 Å². The fourth-order valence-corrected chi connectivity index (χ4v) is 4.78. The standard InChI is InChI=1S/C22H25ClN2O5S/c1-13-18(21(25(2)24-13)30-22(27)14-8-6-5-7-9-14)20(26)15-10-11-17(31(4)28)16(12-29-3)19(15)23/h8,10-11H,5-7,9,12H2,1-4H3. The number of methoxy groups -OCH3 is 1. The van der Waals surface area contributed by atoms with E-state index in [1.54, 1.807) is 20.0 Å². The van der Waals surface area contributed by atoms with Gasteiger partial charge >= 0.3 is 5.97 Å². The molecule has 0 radical (unpaired) electrons. The summed E-state index contributed by atoms with van der Waals surface area (Å²) in [6.45, 7) is 1.78. The number of esters is 1. The molecule has 0 aliphatic heterocycles. The molecule has 31 heavy (non-hydrogen) atoms. The second kappa shape index (κ2) is 9.99. The van der Waals surface area contributed by atoms with E-state index in [1.807, 2.05) is 6.08 Å². The summed E-state index contributed by atoms with van der Waals surface area (Å²) in [6, 6.07) is 3.13. The normalized spacial score (nSPS) is 14.8. The summed E-state index contributed by atoms with van der Waals surface area (Å²) in [5, 5.41) is 4.43. The van der Waals surface area contributed by atoms with Crippen molar-refractivity contribution in [3.05, 3.63) is 51.2 Å². The Balaban J connectivity index is 2.02. The molecule has 0 bridgehead atoms. The zero-order valence-electron chi connectivity index (χ0n) is 18.0. The van der Waals surface area contributed by atoms with Crippen LogP contribution in [0.2, 0.25) is 5.02 Å². The van der Waals surface area contributed by atoms with Crippen LogP contribution >= 0.6 is 11.6 Å². The highest BCUT2D eigenvalue weighted by Crippen LogP contribution is 2.33. The monoisotopic (exact) mass is 464 g/mol. The lowest BCUT2D eigenvalue weighted by molar-refractivity contribution is -0.130. The minimum absolute atomic E-state index is 0.0754. The Morgan fingerprint density at radius 1 is 1.32 bits per heavy atom. The number of allylic oxidation sites excluding steroid dienone is 1. The quantitative estimate of drug-likeness (QED) is 0.350. The Kier molecular flexibility index (Phi) is 7.59. The van der Waals surface area contributed by atoms with Crippen molar-refractivity contribution in [2.24, 2.45) is 7.05 Å². The van der Waals surface area contributed by atoms with Crippen molar-refractivity contribution in [3.8, 4) is 5.88 Å². The number of ether oxygens (including phenoxy) is 2. The molecule has 166 valence electrons. The second-order valence-corrected chi connectivity index (χ2v) is 9.10. The number of carbonyl (C=O) groups is 2. The smallest absolute Gasteiger partial charge is 0.340 e. The highest BCUT2D eigenvalue weighted by Gasteiger charge is 2.29. The molecule has 3 rings (SSSR count). The third-order valence-corrected chi connectivity index (χ3v) is 6.62. The molecule has 1 heterocycles. The van der Waals surface area contributed by atoms with Gasteiger partial charge in [0.1, 0.15) is 11.8 Å². The Hall–Kier alpha value is -2.13. The molecule has 1 atom stereocenters. The Morgan fingerprint density at radius 2 is 2.06 bits per heavy atom. The zero-order chi connectivity index (χ0) is 22.7. The maximum absolute atomic E-state index is 13.5. The molecule has 1 aliphatic rings. The average Bonchev–Trinajstić information content (AvgIpc) is 3.02. The van der Waals surface area contributed by atoms with Gasteiger partial charge in [-0.1, -0.05) is 17.7 Å². The molecule has 1 unspecified atom stereocenters. The van der Waals surface area contributed by atoms with Gasteiger partial charge in [-0.2, -0.15) is 5.10 Å². The van der Waals surface area contributed by atoms with E-state index in [4.69, 9.17) is 21.1 Å². The number of hydrogen-bond acceptors (Lipinski definition) is 6. The minimum atomic E-state index is -1.30. The SMILES string of the molecule is COCc1c([S+](C)[O-])ccc(C(=O)c2c(C)nn(C)c2OC(=O)C2=CCCCC2)c1Cl. The molecule has 0 fully saturated rings. The van der Waals surface area contributed by atoms with Gasteiger partial charge in [0.25, 0.3) is 0 Å². The number of aryl methyl sites for hydroxylation is 2. The van der Waals surface area contributed by atoms with Gasteiger partial charge in [-0.15, -0.1) is 0 Å². The molecule has 7 nitrogen and oxygen atoms in total. The van der Waals surface area contributed by atoms with Gasteiger partial charge in [-0.25, -0.2) is 9.48 Å². The predicted octanol–water partition coefficient (Wildman–Crippen LogP) is 3.90. The maximum atomic E-state index is 13.5. The third kappa shape index (κ3) is 4.87. The molecule has 0 N–H and O–H groups in total. The number of ketones is 1. The summed E-state index contributed by atoms with van der Waals surface area (Å²) in [6.07, 6.45) is 6.89. The van der Waals surface area contributed by atoms with E-state index < -0.39 is 22.9 Å². The number of carbonyl (C=O) groups excluding carboxylic acids is 2. The largest absolute Gasteiger partial charge is 0.612 e. The van der Waals surface area contributed by atoms with Gasteiger partial charge in [0, 0.05) is 25.3 Å². The first-order valence-electron chi connectivity index (χ1n) is 9.89. The van der Waals surface area contributed by atoms with Gasteiger partial charge in [0.2, 0.25) is 11.7 Å². The van der Waals surface area contributed by atoms with Crippen LogP contribution in [0.5, 0.6) is 5.88 Å². The molecule has 0 amide bonds. The van der Waals surface area contributed by atoms with E-state index in [2.05, 4.69) is 5.10 Å². The van der Waals surface area contributed by atoms with Crippen LogP contribution in [0, 0.1) is 6.92 Å². The Bertz CT molecular complexity index is 1050. The van der Waals surface area contributed by atoms with Crippen LogP contribution in [0.4, 0.5) is 0 Å². The van der Waals surface area contributed by atoms with E-state index in [0.29, 0.717) is 28.1 Å². The minimum Gasteiger partial charge on any atom is -0.612 e. The van der Waals surface area contributed by atoms with Crippen LogP contribution in [0.25, 0.3) is 0 Å². The summed E-state index contributed by atoms with van der Waals surface area (Å²) in [4.78, 5) is 26.6. The molecule has 1 aromatic carbocycles. The second-order valence-electron chi connectivity index (χ2n) is 7.37. The van der Waals surface area contributed by atoms with Crippen molar-refractivity contribution in [1.29, 1.82) is 0 Å². The predicted molar refractivity (Wildman–Crippen MR) is 118 cm³/mol. The number of rotatable bonds is 7. The molecule has 9 heteroatoms. The lowest BCUT2D eigenvalue weighted by Gasteiger charge is -2.15. The lowest BCUT2D eigenvalue weighted by atomic mass is 9.99. The molecular weight excluding hydrogens is 440 g/mol. The molecule has 0 saturated carbocycles. The summed E-state index contributed by atoms with van der Waals surface area (Å²) in [5.41, 5.74) is 1.89. The molecule has 2 aromatic rings. The van der Waals surface area contributed by atoms with Crippen molar-refractivity contribution < 1.29 is 23.6 Å². The molecule has 0 saturated heterocycles. The van der Waals surface area contributed by atoms with Crippen LogP contribution in [-0.2, 0) is 34.4 Å². The van der Waals surface area contributed by atoms with Crippen molar-refractivity contribution in [3.63, 3.8) is 0 Å². The van der Waals surface area contributed by atoms with Crippen LogP contribution in [0.15, 0.2) is 28.7 Å². The van der Waals surface area contributed by atoms with E-state index in [9.17, 15) is 14.1 Å². The Labute approximate surface area is 189 Å². The van der Waals surface area contributed by atoms with Gasteiger partial charge in [-0.05, 0) is 55.9 Å². The highest BCUT2D eigenvalue weighted by molar-refractivity contribution is 7.90. The van der Waals surface area contributed by atoms with Crippen molar-refractivity contribution in [2.75, 3.05) is 13.4 Å². The van der Waals surface area contributed by atoms with E-state index in [-0.39, 0.29) is 28.6 Å². The van der Waals surface area contributed by atoms with E-state index >= 15 is 0 Å². The fourth-order valence-electron chi connectivity index (χ4n) is 3.65. The van der Waals surface area contributed by atoms with Crippen LogP contribution in [-0.4, -0.2) is 39.5 Å². The van der Waals surface area contributed by atoms with Gasteiger partial charge < -0.3 is 14.0 Å². The van der Waals surface area contributed by atoms with Crippen LogP contribution < -0.4 is 4.74 Å². The summed E-state index contributed by atoms with van der Waals surface area (Å²) in [5.74, 6) is -0.826. The number of halogens is 1. The maximum Gasteiger partial charge on any atom is 0.340 e. The first-order valence-corrected chi connectivity index (χ1v) is 11.8. The highest BCUT2D eigenvalue weighted by atomic mass is 35.5. The number of hydrogen-bond donors (Lipinski definition) is 0. The molecular formula is C22H25ClN2O5S. The Morgan fingerprint density at radius 3 is 2.68 bits per heavy atom. The third-order valence-electron chi connectivity index (χ3n) is 5.18. The van der Waals surface area contributed by atoms with Crippen molar-refractivity contribution in [1.82, 2.24) is 9.78 Å². The summed E-state index contributed by atoms with van der Waals surface area (Å²) >= 11 is 5.24. The van der Waals surface area contributed by atoms with Crippen molar-refractivity contribution >= 4 is 34.5 Å². The average molecular weight is 465 g/mol. The lowest BCUT2D eigenvalue weighted by Crippen LogP contribution is -2.17. The van der Waals surface area contributed by atoms with Gasteiger partial charge in [0.05, 0.1) is 22.9 Å². The first kappa shape index (κ1) is 23.5. The molecule has 1 aromatic heterocycles. The van der Waals surface area contributed by atoms with E-state index in [0.717, 1.165) is 19.3 Å². The number of nitrogens with zero attached hydrogens (tertiary/aromatic N) is 2. The van der Waals surface area contributed by atoms with Gasteiger partial charge in [-0.3, -0.25) is 4.79 Å². The first-order chi connectivity index (χ1) is 14.8. The fraction of sp³-hybridized carbons (Fsp3) is 0.409. The molecule has 1 aliphatic carbocycles. The summed E-state index contributed by atoms with van der Waals surface area (Å²) < 4.78 is 24.2. The number of aromatic nitrogens is 2. The summed E-state index contributed by atoms with van der Waals surface area (Å²) in [7, 11) is 3.11. The topological polar surface area (TPSA) is 93.5 Å².